The fourth-order valence-electron chi connectivity index (χ4n) is 4.54. The zero-order valence-electron chi connectivity index (χ0n) is 23.3. The van der Waals surface area contributed by atoms with Gasteiger partial charge < -0.3 is 10.1 Å². The van der Waals surface area contributed by atoms with Gasteiger partial charge in [-0.2, -0.15) is 0 Å². The molecule has 0 bridgehead atoms. The van der Waals surface area contributed by atoms with Gasteiger partial charge in [0.2, 0.25) is 0 Å². The Morgan fingerprint density at radius 3 is 1.69 bits per heavy atom. The minimum absolute atomic E-state index is 0.276. The highest BCUT2D eigenvalue weighted by Crippen LogP contribution is 2.37. The van der Waals surface area contributed by atoms with E-state index in [4.69, 9.17) is 4.74 Å². The minimum Gasteiger partial charge on any atom is -0.444 e. The first-order valence-electron chi connectivity index (χ1n) is 13.3. The molecule has 3 aromatic rings. The Morgan fingerprint density at radius 1 is 0.821 bits per heavy atom. The molecule has 0 saturated carbocycles. The third-order valence-electron chi connectivity index (χ3n) is 6.19. The van der Waals surface area contributed by atoms with Gasteiger partial charge in [-0.15, -0.1) is 0 Å². The van der Waals surface area contributed by atoms with E-state index >= 15 is 0 Å². The van der Waals surface area contributed by atoms with Gasteiger partial charge in [0.1, 0.15) is 5.60 Å². The number of hydrogen-bond donors (Lipinski definition) is 2. The Bertz CT molecular complexity index is 1210. The molecular formula is C32H40N2O4S. The number of alkyl carbamates (subject to hydrolysis) is 1. The molecule has 7 heteroatoms. The highest BCUT2D eigenvalue weighted by Gasteiger charge is 2.37. The number of carbonyl (C=O) groups excluding carboxylic acids is 1. The zero-order chi connectivity index (χ0) is 28.4. The lowest BCUT2D eigenvalue weighted by Crippen LogP contribution is -2.49. The van der Waals surface area contributed by atoms with E-state index in [1.165, 1.54) is 11.7 Å². The predicted octanol–water partition coefficient (Wildman–Crippen LogP) is 6.19. The Hall–Kier alpha value is -3.42. The average molecular weight is 549 g/mol. The van der Waals surface area contributed by atoms with Gasteiger partial charge in [-0.05, 0) is 56.7 Å². The van der Waals surface area contributed by atoms with E-state index in [0.717, 1.165) is 29.5 Å². The minimum atomic E-state index is -3.33. The lowest BCUT2D eigenvalue weighted by molar-refractivity contribution is 0.0527. The van der Waals surface area contributed by atoms with Crippen molar-refractivity contribution in [3.05, 3.63) is 119 Å². The number of ether oxygens (including phenoxy) is 1. The van der Waals surface area contributed by atoms with Crippen molar-refractivity contribution in [2.24, 2.45) is 0 Å². The van der Waals surface area contributed by atoms with Crippen LogP contribution in [0.15, 0.2) is 102 Å². The summed E-state index contributed by atoms with van der Waals surface area (Å²) in [4.78, 5) is 12.0. The summed E-state index contributed by atoms with van der Waals surface area (Å²) < 4.78 is 29.5. The van der Waals surface area contributed by atoms with E-state index in [1.807, 2.05) is 75.4 Å². The highest BCUT2D eigenvalue weighted by atomic mass is 32.2. The molecule has 2 N–H and O–H groups in total. The molecule has 39 heavy (non-hydrogen) atoms. The Morgan fingerprint density at radius 2 is 1.28 bits per heavy atom. The van der Waals surface area contributed by atoms with Crippen molar-refractivity contribution in [1.82, 2.24) is 10.6 Å². The van der Waals surface area contributed by atoms with E-state index in [2.05, 4.69) is 47.0 Å². The number of benzene rings is 3. The first-order chi connectivity index (χ1) is 18.5. The number of nitrogens with one attached hydrogen (secondary N) is 2. The summed E-state index contributed by atoms with van der Waals surface area (Å²) in [5.41, 5.74) is 1.86. The molecule has 0 aromatic heterocycles. The third-order valence-corrected chi connectivity index (χ3v) is 6.84. The van der Waals surface area contributed by atoms with Gasteiger partial charge in [-0.3, -0.25) is 5.32 Å². The zero-order valence-corrected chi connectivity index (χ0v) is 24.1. The Kier molecular flexibility index (Phi) is 10.5. The molecule has 0 spiro atoms. The number of unbranched alkanes of at least 4 members (excludes halogenated alkanes) is 1. The SMILES string of the molecule is CC(C)(C)OC(=O)NCCCC[C@@H](/C=C/S(C)(=O)=O)NC(c1ccccc1)(c1ccccc1)c1ccccc1. The van der Waals surface area contributed by atoms with Gasteiger partial charge in [-0.1, -0.05) is 97.1 Å². The van der Waals surface area contributed by atoms with Crippen LogP contribution in [0, 0.1) is 0 Å². The molecular weight excluding hydrogens is 508 g/mol. The number of carbonyl (C=O) groups is 1. The molecule has 0 heterocycles. The molecule has 1 amide bonds. The van der Waals surface area contributed by atoms with Crippen molar-refractivity contribution in [3.8, 4) is 0 Å². The van der Waals surface area contributed by atoms with Crippen molar-refractivity contribution in [2.75, 3.05) is 12.8 Å². The monoisotopic (exact) mass is 548 g/mol. The molecule has 3 rings (SSSR count). The molecule has 0 aliphatic rings. The second-order valence-electron chi connectivity index (χ2n) is 10.7. The lowest BCUT2D eigenvalue weighted by Gasteiger charge is -2.39. The van der Waals surface area contributed by atoms with Crippen LogP contribution >= 0.6 is 0 Å². The summed E-state index contributed by atoms with van der Waals surface area (Å²) in [6.45, 7) is 5.96. The van der Waals surface area contributed by atoms with Gasteiger partial charge in [0.25, 0.3) is 0 Å². The van der Waals surface area contributed by atoms with E-state index < -0.39 is 27.1 Å². The predicted molar refractivity (Wildman–Crippen MR) is 158 cm³/mol. The van der Waals surface area contributed by atoms with Gasteiger partial charge in [0, 0.05) is 24.3 Å². The fraction of sp³-hybridized carbons (Fsp3) is 0.344. The van der Waals surface area contributed by atoms with E-state index in [0.29, 0.717) is 13.0 Å². The van der Waals surface area contributed by atoms with Crippen LogP contribution in [0.25, 0.3) is 0 Å². The molecule has 208 valence electrons. The standard InChI is InChI=1S/C32H40N2O4S/c1-31(2,3)38-30(35)33-24-15-14-22-29(23-25-39(4,36)37)34-32(26-16-8-5-9-17-26,27-18-10-6-11-19-27)28-20-12-7-13-21-28/h5-13,16-21,23,25,29,34H,14-15,22,24H2,1-4H3,(H,33,35)/b25-23+/t29-/m0/s1. The first kappa shape index (κ1) is 30.1. The largest absolute Gasteiger partial charge is 0.444 e. The average Bonchev–Trinajstić information content (AvgIpc) is 2.90. The normalized spacial score (nSPS) is 13.2. The van der Waals surface area contributed by atoms with E-state index in [1.54, 1.807) is 6.08 Å². The van der Waals surface area contributed by atoms with Crippen molar-refractivity contribution in [2.45, 2.75) is 57.2 Å². The second-order valence-corrected chi connectivity index (χ2v) is 12.6. The summed E-state index contributed by atoms with van der Waals surface area (Å²) in [5, 5.41) is 7.93. The van der Waals surface area contributed by atoms with Crippen molar-refractivity contribution < 1.29 is 17.9 Å². The molecule has 0 aliphatic heterocycles. The molecule has 3 aromatic carbocycles. The van der Waals surface area contributed by atoms with Crippen molar-refractivity contribution in [1.29, 1.82) is 0 Å². The molecule has 6 nitrogen and oxygen atoms in total. The van der Waals surface area contributed by atoms with Crippen LogP contribution in [0.2, 0.25) is 0 Å². The van der Waals surface area contributed by atoms with Crippen LogP contribution in [0.4, 0.5) is 4.79 Å². The van der Waals surface area contributed by atoms with E-state index in [-0.39, 0.29) is 6.04 Å². The maximum atomic E-state index is 12.1. The third kappa shape index (κ3) is 9.37. The van der Waals surface area contributed by atoms with Crippen LogP contribution in [0.5, 0.6) is 0 Å². The Labute approximate surface area is 233 Å². The quantitative estimate of drug-likeness (QED) is 0.208. The van der Waals surface area contributed by atoms with Gasteiger partial charge in [0.05, 0.1) is 5.54 Å². The Balaban J connectivity index is 1.93. The molecule has 1 atom stereocenters. The maximum absolute atomic E-state index is 12.1. The number of hydrogen-bond acceptors (Lipinski definition) is 5. The smallest absolute Gasteiger partial charge is 0.407 e. The van der Waals surface area contributed by atoms with Gasteiger partial charge in [-0.25, -0.2) is 13.2 Å². The van der Waals surface area contributed by atoms with Crippen LogP contribution in [-0.4, -0.2) is 39.0 Å². The summed E-state index contributed by atoms with van der Waals surface area (Å²) in [6.07, 6.45) is 4.64. The highest BCUT2D eigenvalue weighted by molar-refractivity contribution is 7.93. The summed E-state index contributed by atoms with van der Waals surface area (Å²) in [5.74, 6) is 0. The van der Waals surface area contributed by atoms with Crippen LogP contribution in [-0.2, 0) is 20.1 Å². The molecule has 0 fully saturated rings. The lowest BCUT2D eigenvalue weighted by atomic mass is 9.76. The maximum Gasteiger partial charge on any atom is 0.407 e. The van der Waals surface area contributed by atoms with Crippen LogP contribution < -0.4 is 10.6 Å². The number of sulfone groups is 1. The number of amides is 1. The summed E-state index contributed by atoms with van der Waals surface area (Å²) in [6, 6.07) is 30.3. The van der Waals surface area contributed by atoms with Crippen molar-refractivity contribution >= 4 is 15.9 Å². The second kappa shape index (κ2) is 13.6. The van der Waals surface area contributed by atoms with Crippen LogP contribution in [0.1, 0.15) is 56.7 Å². The fourth-order valence-corrected chi connectivity index (χ4v) is 5.02. The van der Waals surface area contributed by atoms with Gasteiger partial charge in [0.15, 0.2) is 9.84 Å². The van der Waals surface area contributed by atoms with Crippen LogP contribution in [0.3, 0.4) is 0 Å². The van der Waals surface area contributed by atoms with Gasteiger partial charge >= 0.3 is 6.09 Å². The number of rotatable bonds is 12. The first-order valence-corrected chi connectivity index (χ1v) is 15.2. The van der Waals surface area contributed by atoms with E-state index in [9.17, 15) is 13.2 Å². The molecule has 0 aliphatic carbocycles. The molecule has 0 unspecified atom stereocenters. The summed E-state index contributed by atoms with van der Waals surface area (Å²) in [7, 11) is -3.33. The molecule has 0 saturated heterocycles. The topological polar surface area (TPSA) is 84.5 Å². The molecule has 0 radical (unpaired) electrons. The van der Waals surface area contributed by atoms with Crippen molar-refractivity contribution in [3.63, 3.8) is 0 Å². The summed E-state index contributed by atoms with van der Waals surface area (Å²) >= 11 is 0.